The summed E-state index contributed by atoms with van der Waals surface area (Å²) >= 11 is 0. The van der Waals surface area contributed by atoms with Crippen molar-refractivity contribution < 1.29 is 9.59 Å². The molecule has 1 aliphatic rings. The Labute approximate surface area is 147 Å². The Bertz CT molecular complexity index is 702. The maximum atomic E-state index is 12.4. The van der Waals surface area contributed by atoms with Crippen LogP contribution in [0.2, 0.25) is 0 Å². The van der Waals surface area contributed by atoms with Crippen LogP contribution in [0.4, 0.5) is 0 Å². The molecule has 0 radical (unpaired) electrons. The van der Waals surface area contributed by atoms with Gasteiger partial charge in [-0.1, -0.05) is 30.3 Å². The first-order valence-corrected chi connectivity index (χ1v) is 8.46. The molecule has 0 spiro atoms. The highest BCUT2D eigenvalue weighted by Gasteiger charge is 2.32. The van der Waals surface area contributed by atoms with Gasteiger partial charge in [-0.3, -0.25) is 19.2 Å². The summed E-state index contributed by atoms with van der Waals surface area (Å²) in [6, 6.07) is 11.5. The number of carbonyl (C=O) groups is 2. The highest BCUT2D eigenvalue weighted by Crippen LogP contribution is 2.12. The minimum atomic E-state index is -0.445. The molecule has 2 heterocycles. The second kappa shape index (κ2) is 7.94. The summed E-state index contributed by atoms with van der Waals surface area (Å²) in [5.41, 5.74) is 6.81. The molecule has 3 rings (SSSR count). The van der Waals surface area contributed by atoms with Gasteiger partial charge in [0.25, 0.3) is 0 Å². The van der Waals surface area contributed by atoms with Crippen LogP contribution in [-0.4, -0.2) is 63.6 Å². The summed E-state index contributed by atoms with van der Waals surface area (Å²) in [6.07, 6.45) is 4.24. The van der Waals surface area contributed by atoms with E-state index >= 15 is 0 Å². The van der Waals surface area contributed by atoms with Crippen LogP contribution in [-0.2, 0) is 22.6 Å². The van der Waals surface area contributed by atoms with Gasteiger partial charge in [-0.15, -0.1) is 0 Å². The third-order valence-electron chi connectivity index (χ3n) is 4.56. The number of aromatic nitrogens is 2. The predicted octanol–water partition coefficient (Wildman–Crippen LogP) is 0.124. The van der Waals surface area contributed by atoms with E-state index in [1.807, 2.05) is 18.2 Å². The fraction of sp³-hybridized carbons (Fsp3) is 0.389. The van der Waals surface area contributed by atoms with Gasteiger partial charge in [0, 0.05) is 38.6 Å². The molecule has 2 N–H and O–H groups in total. The van der Waals surface area contributed by atoms with Crippen LogP contribution in [0.25, 0.3) is 0 Å². The number of carbonyl (C=O) groups excluding carboxylic acids is 2. The van der Waals surface area contributed by atoms with Gasteiger partial charge in [0.2, 0.25) is 11.8 Å². The minimum Gasteiger partial charge on any atom is -0.368 e. The zero-order valence-electron chi connectivity index (χ0n) is 14.1. The minimum absolute atomic E-state index is 0.0438. The van der Waals surface area contributed by atoms with E-state index in [4.69, 9.17) is 5.73 Å². The molecule has 2 aromatic rings. The van der Waals surface area contributed by atoms with Crippen molar-refractivity contribution in [2.24, 2.45) is 5.73 Å². The average Bonchev–Trinajstić information content (AvgIpc) is 3.13. The lowest BCUT2D eigenvalue weighted by Crippen LogP contribution is -2.60. The van der Waals surface area contributed by atoms with Gasteiger partial charge < -0.3 is 10.6 Å². The maximum Gasteiger partial charge on any atom is 0.244 e. The molecule has 1 aliphatic heterocycles. The molecule has 2 amide bonds. The number of amides is 2. The Hall–Kier alpha value is -2.67. The van der Waals surface area contributed by atoms with Crippen molar-refractivity contribution in [3.8, 4) is 0 Å². The van der Waals surface area contributed by atoms with Crippen LogP contribution in [0.5, 0.6) is 0 Å². The van der Waals surface area contributed by atoms with Crippen molar-refractivity contribution >= 4 is 11.8 Å². The standard InChI is InChI=1S/C18H23N5O2/c19-18(25)16-13-22(17(24)14-23-9-4-8-20-23)12-11-21(16)10-7-15-5-2-1-3-6-15/h1-6,8-9,16H,7,10-14H2,(H2,19,25)/t16-/m1/s1. The number of primary amides is 1. The van der Waals surface area contributed by atoms with Crippen molar-refractivity contribution in [2.45, 2.75) is 19.0 Å². The van der Waals surface area contributed by atoms with E-state index < -0.39 is 6.04 Å². The Morgan fingerprint density at radius 3 is 2.64 bits per heavy atom. The second-order valence-corrected chi connectivity index (χ2v) is 6.23. The Morgan fingerprint density at radius 1 is 1.16 bits per heavy atom. The number of benzene rings is 1. The normalized spacial score (nSPS) is 18.2. The van der Waals surface area contributed by atoms with Crippen LogP contribution >= 0.6 is 0 Å². The van der Waals surface area contributed by atoms with Crippen LogP contribution in [0.1, 0.15) is 5.56 Å². The molecule has 0 unspecified atom stereocenters. The Morgan fingerprint density at radius 2 is 1.96 bits per heavy atom. The largest absolute Gasteiger partial charge is 0.368 e. The quantitative estimate of drug-likeness (QED) is 0.809. The lowest BCUT2D eigenvalue weighted by molar-refractivity contribution is -0.137. The topological polar surface area (TPSA) is 84.5 Å². The van der Waals surface area contributed by atoms with Gasteiger partial charge in [-0.2, -0.15) is 5.10 Å². The molecule has 25 heavy (non-hydrogen) atoms. The zero-order chi connectivity index (χ0) is 17.6. The molecular weight excluding hydrogens is 318 g/mol. The molecule has 0 saturated carbocycles. The summed E-state index contributed by atoms with van der Waals surface area (Å²) in [4.78, 5) is 28.1. The van der Waals surface area contributed by atoms with E-state index in [2.05, 4.69) is 22.1 Å². The summed E-state index contributed by atoms with van der Waals surface area (Å²) < 4.78 is 1.59. The van der Waals surface area contributed by atoms with Crippen molar-refractivity contribution in [2.75, 3.05) is 26.2 Å². The molecule has 7 nitrogen and oxygen atoms in total. The van der Waals surface area contributed by atoms with Gasteiger partial charge in [0.15, 0.2) is 0 Å². The fourth-order valence-electron chi connectivity index (χ4n) is 3.13. The number of nitrogens with zero attached hydrogens (tertiary/aromatic N) is 4. The first-order chi connectivity index (χ1) is 12.1. The Balaban J connectivity index is 1.58. The molecule has 132 valence electrons. The van der Waals surface area contributed by atoms with E-state index in [9.17, 15) is 9.59 Å². The molecule has 7 heteroatoms. The third kappa shape index (κ3) is 4.45. The molecule has 0 aliphatic carbocycles. The van der Waals surface area contributed by atoms with E-state index in [0.717, 1.165) is 13.0 Å². The number of hydrogen-bond acceptors (Lipinski definition) is 4. The summed E-state index contributed by atoms with van der Waals surface area (Å²) in [7, 11) is 0. The van der Waals surface area contributed by atoms with E-state index in [-0.39, 0.29) is 18.4 Å². The van der Waals surface area contributed by atoms with Crippen LogP contribution < -0.4 is 5.73 Å². The zero-order valence-corrected chi connectivity index (χ0v) is 14.1. The summed E-state index contributed by atoms with van der Waals surface area (Å²) in [6.45, 7) is 2.51. The molecule has 1 atom stereocenters. The van der Waals surface area contributed by atoms with Crippen LogP contribution in [0, 0.1) is 0 Å². The SMILES string of the molecule is NC(=O)[C@H]1CN(C(=O)Cn2cccn2)CCN1CCc1ccccc1. The van der Waals surface area contributed by atoms with E-state index in [1.54, 1.807) is 28.0 Å². The number of nitrogens with two attached hydrogens (primary N) is 1. The first-order valence-electron chi connectivity index (χ1n) is 8.46. The molecule has 1 aromatic carbocycles. The van der Waals surface area contributed by atoms with Crippen LogP contribution in [0.3, 0.4) is 0 Å². The number of piperazine rings is 1. The molecule has 1 fully saturated rings. The van der Waals surface area contributed by atoms with Gasteiger partial charge in [-0.05, 0) is 18.1 Å². The number of rotatable bonds is 6. The number of hydrogen-bond donors (Lipinski definition) is 1. The maximum absolute atomic E-state index is 12.4. The lowest BCUT2D eigenvalue weighted by Gasteiger charge is -2.40. The van der Waals surface area contributed by atoms with Gasteiger partial charge in [0.1, 0.15) is 12.6 Å². The smallest absolute Gasteiger partial charge is 0.244 e. The predicted molar refractivity (Wildman–Crippen MR) is 93.5 cm³/mol. The van der Waals surface area contributed by atoms with Gasteiger partial charge in [-0.25, -0.2) is 0 Å². The van der Waals surface area contributed by atoms with E-state index in [1.165, 1.54) is 5.56 Å². The highest BCUT2D eigenvalue weighted by atomic mass is 16.2. The van der Waals surface area contributed by atoms with Gasteiger partial charge >= 0.3 is 0 Å². The van der Waals surface area contributed by atoms with Crippen molar-refractivity contribution in [3.63, 3.8) is 0 Å². The fourth-order valence-corrected chi connectivity index (χ4v) is 3.13. The average molecular weight is 341 g/mol. The third-order valence-corrected chi connectivity index (χ3v) is 4.56. The Kier molecular flexibility index (Phi) is 5.45. The van der Waals surface area contributed by atoms with Gasteiger partial charge in [0.05, 0.1) is 0 Å². The van der Waals surface area contributed by atoms with Crippen LogP contribution in [0.15, 0.2) is 48.8 Å². The molecule has 0 bridgehead atoms. The molecular formula is C18H23N5O2. The second-order valence-electron chi connectivity index (χ2n) is 6.23. The monoisotopic (exact) mass is 341 g/mol. The molecule has 1 saturated heterocycles. The van der Waals surface area contributed by atoms with Crippen molar-refractivity contribution in [1.82, 2.24) is 19.6 Å². The van der Waals surface area contributed by atoms with Crippen molar-refractivity contribution in [1.29, 1.82) is 0 Å². The summed E-state index contributed by atoms with van der Waals surface area (Å²) in [5.74, 6) is -0.428. The van der Waals surface area contributed by atoms with Crippen molar-refractivity contribution in [3.05, 3.63) is 54.4 Å². The first kappa shape index (κ1) is 17.2. The highest BCUT2D eigenvalue weighted by molar-refractivity contribution is 5.82. The summed E-state index contributed by atoms with van der Waals surface area (Å²) in [5, 5.41) is 4.05. The van der Waals surface area contributed by atoms with E-state index in [0.29, 0.717) is 19.6 Å². The molecule has 1 aromatic heterocycles. The lowest BCUT2D eigenvalue weighted by atomic mass is 10.1.